The van der Waals surface area contributed by atoms with Crippen LogP contribution in [0.3, 0.4) is 0 Å². The topological polar surface area (TPSA) is 25.8 Å². The molecule has 0 amide bonds. The first-order valence-corrected chi connectivity index (χ1v) is 8.33. The van der Waals surface area contributed by atoms with Crippen molar-refractivity contribution in [2.45, 2.75) is 6.92 Å². The van der Waals surface area contributed by atoms with Gasteiger partial charge in [0.05, 0.1) is 7.57 Å². The molecule has 0 aliphatic heterocycles. The predicted octanol–water partition coefficient (Wildman–Crippen LogP) is 5.98. The van der Waals surface area contributed by atoms with Crippen molar-refractivity contribution in [2.24, 2.45) is 0 Å². The summed E-state index contributed by atoms with van der Waals surface area (Å²) in [5.74, 6) is 0.00222. The number of aromatic nitrogens is 2. The molecule has 0 atom stereocenters. The zero-order valence-electron chi connectivity index (χ0n) is 10.0. The molecule has 1 aromatic carbocycles. The summed E-state index contributed by atoms with van der Waals surface area (Å²) in [6.45, 7) is 1.85. The fraction of sp³-hybridized carbons (Fsp3) is 0.0769. The Hall–Kier alpha value is -0.560. The molecular weight excluding hydrogens is 430 g/mol. The van der Waals surface area contributed by atoms with Gasteiger partial charge in [0.2, 0.25) is 0 Å². The predicted molar refractivity (Wildman–Crippen MR) is 88.0 cm³/mol. The molecule has 3 rings (SSSR count). The molecule has 0 spiro atoms. The molecule has 0 radical (unpaired) electrons. The van der Waals surface area contributed by atoms with Crippen LogP contribution in [0.2, 0.25) is 5.15 Å². The molecule has 0 N–H and O–H groups in total. The number of rotatable bonds is 1. The fourth-order valence-electron chi connectivity index (χ4n) is 1.93. The molecule has 20 heavy (non-hydrogen) atoms. The molecule has 7 heteroatoms. The Morgan fingerprint density at radius 2 is 2.00 bits per heavy atom. The van der Waals surface area contributed by atoms with E-state index >= 15 is 0 Å². The highest BCUT2D eigenvalue weighted by Gasteiger charge is 2.16. The van der Waals surface area contributed by atoms with E-state index in [0.717, 1.165) is 18.7 Å². The lowest BCUT2D eigenvalue weighted by molar-refractivity contribution is 0.636. The van der Waals surface area contributed by atoms with Crippen LogP contribution in [0, 0.1) is 12.7 Å². The Labute approximate surface area is 140 Å². The fourth-order valence-corrected chi connectivity index (χ4v) is 5.04. The van der Waals surface area contributed by atoms with Crippen LogP contribution in [-0.2, 0) is 0 Å². The first-order valence-electron chi connectivity index (χ1n) is 5.55. The lowest BCUT2D eigenvalue weighted by Crippen LogP contribution is -1.95. The molecule has 3 aromatic rings. The van der Waals surface area contributed by atoms with Crippen molar-refractivity contribution in [1.29, 1.82) is 0 Å². The first kappa shape index (κ1) is 14.4. The highest BCUT2D eigenvalue weighted by Crippen LogP contribution is 2.38. The molecule has 2 nitrogen and oxygen atoms in total. The van der Waals surface area contributed by atoms with Crippen molar-refractivity contribution >= 4 is 65.7 Å². The van der Waals surface area contributed by atoms with Gasteiger partial charge in [-0.1, -0.05) is 17.7 Å². The van der Waals surface area contributed by atoms with Crippen LogP contribution < -0.4 is 0 Å². The average Bonchev–Trinajstić information content (AvgIpc) is 2.72. The Kier molecular flexibility index (Phi) is 3.83. The van der Waals surface area contributed by atoms with Gasteiger partial charge < -0.3 is 0 Å². The van der Waals surface area contributed by atoms with E-state index in [0.29, 0.717) is 11.2 Å². The summed E-state index contributed by atoms with van der Waals surface area (Å²) >= 11 is 14.6. The molecule has 0 unspecified atom stereocenters. The van der Waals surface area contributed by atoms with Gasteiger partial charge in [-0.3, -0.25) is 0 Å². The Bertz CT molecular complexity index is 835. The normalized spacial score (nSPS) is 11.2. The maximum atomic E-state index is 14.0. The molecular formula is C13H6Br2ClFN2S. The Balaban J connectivity index is 2.35. The third kappa shape index (κ3) is 2.39. The maximum absolute atomic E-state index is 14.0. The lowest BCUT2D eigenvalue weighted by atomic mass is 10.1. The van der Waals surface area contributed by atoms with Crippen LogP contribution in [0.1, 0.15) is 5.56 Å². The van der Waals surface area contributed by atoms with Gasteiger partial charge in [0.25, 0.3) is 0 Å². The molecule has 2 aromatic heterocycles. The maximum Gasteiger partial charge on any atom is 0.163 e. The van der Waals surface area contributed by atoms with Crippen LogP contribution in [0.15, 0.2) is 25.8 Å². The summed E-state index contributed by atoms with van der Waals surface area (Å²) in [6.07, 6.45) is 0. The third-order valence-electron chi connectivity index (χ3n) is 2.86. The first-order chi connectivity index (χ1) is 9.47. The number of aryl methyl sites for hydroxylation is 1. The number of halogens is 4. The number of nitrogens with zero attached hydrogens (tertiary/aromatic N) is 2. The van der Waals surface area contributed by atoms with Gasteiger partial charge in [0.1, 0.15) is 16.5 Å². The highest BCUT2D eigenvalue weighted by molar-refractivity contribution is 9.12. The summed E-state index contributed by atoms with van der Waals surface area (Å²) in [4.78, 5) is 8.62. The van der Waals surface area contributed by atoms with E-state index in [2.05, 4.69) is 41.8 Å². The van der Waals surface area contributed by atoms with Crippen LogP contribution in [-0.4, -0.2) is 9.97 Å². The zero-order valence-corrected chi connectivity index (χ0v) is 14.8. The van der Waals surface area contributed by atoms with Crippen molar-refractivity contribution in [3.05, 3.63) is 42.3 Å². The lowest BCUT2D eigenvalue weighted by Gasteiger charge is -2.07. The molecule has 0 bridgehead atoms. The van der Waals surface area contributed by atoms with Gasteiger partial charge in [0.15, 0.2) is 5.82 Å². The van der Waals surface area contributed by atoms with E-state index in [4.69, 9.17) is 11.6 Å². The average molecular weight is 437 g/mol. The summed E-state index contributed by atoms with van der Waals surface area (Å²) < 4.78 is 15.8. The van der Waals surface area contributed by atoms with E-state index < -0.39 is 5.82 Å². The van der Waals surface area contributed by atoms with Crippen molar-refractivity contribution < 1.29 is 4.39 Å². The van der Waals surface area contributed by atoms with Gasteiger partial charge in [-0.05, 0) is 56.5 Å². The van der Waals surface area contributed by atoms with E-state index in [1.54, 1.807) is 6.07 Å². The largest absolute Gasteiger partial charge is 0.225 e. The van der Waals surface area contributed by atoms with Gasteiger partial charge in [-0.15, -0.1) is 11.3 Å². The van der Waals surface area contributed by atoms with Crippen LogP contribution >= 0.6 is 54.8 Å². The number of thiophene rings is 1. The standard InChI is InChI=1S/C13H6Br2ClFN2S/c1-5-2-3-7(17)10-9(5)12(16)19-13(18-10)6-4-8(14)20-11(6)15/h2-4H,1H3. The van der Waals surface area contributed by atoms with Gasteiger partial charge >= 0.3 is 0 Å². The van der Waals surface area contributed by atoms with Crippen LogP contribution in [0.4, 0.5) is 4.39 Å². The van der Waals surface area contributed by atoms with Crippen LogP contribution in [0.25, 0.3) is 22.3 Å². The summed E-state index contributed by atoms with van der Waals surface area (Å²) in [5.41, 5.74) is 1.88. The molecule has 0 aliphatic carbocycles. The SMILES string of the molecule is Cc1ccc(F)c2nc(-c3cc(Br)sc3Br)nc(Cl)c12. The van der Waals surface area contributed by atoms with E-state index in [1.165, 1.54) is 17.4 Å². The molecule has 0 saturated carbocycles. The number of fused-ring (bicyclic) bond motifs is 1. The van der Waals surface area contributed by atoms with Gasteiger partial charge in [-0.2, -0.15) is 0 Å². The number of hydrogen-bond acceptors (Lipinski definition) is 3. The van der Waals surface area contributed by atoms with Gasteiger partial charge in [0, 0.05) is 10.9 Å². The second-order valence-corrected chi connectivity index (χ2v) is 8.27. The minimum atomic E-state index is -0.401. The summed E-state index contributed by atoms with van der Waals surface area (Å²) in [6, 6.07) is 4.94. The van der Waals surface area contributed by atoms with Gasteiger partial charge in [-0.25, -0.2) is 14.4 Å². The van der Waals surface area contributed by atoms with E-state index in [-0.39, 0.29) is 10.7 Å². The van der Waals surface area contributed by atoms with Crippen molar-refractivity contribution in [2.75, 3.05) is 0 Å². The summed E-state index contributed by atoms with van der Waals surface area (Å²) in [5, 5.41) is 0.817. The minimum Gasteiger partial charge on any atom is -0.225 e. The monoisotopic (exact) mass is 434 g/mol. The third-order valence-corrected chi connectivity index (χ3v) is 5.48. The Morgan fingerprint density at radius 3 is 2.65 bits per heavy atom. The van der Waals surface area contributed by atoms with Crippen molar-refractivity contribution in [1.82, 2.24) is 9.97 Å². The highest BCUT2D eigenvalue weighted by atomic mass is 79.9. The van der Waals surface area contributed by atoms with E-state index in [9.17, 15) is 4.39 Å². The number of hydrogen-bond donors (Lipinski definition) is 0. The number of benzene rings is 1. The molecule has 2 heterocycles. The Morgan fingerprint density at radius 1 is 1.25 bits per heavy atom. The summed E-state index contributed by atoms with van der Waals surface area (Å²) in [7, 11) is 0. The smallest absolute Gasteiger partial charge is 0.163 e. The van der Waals surface area contributed by atoms with Crippen molar-refractivity contribution in [3.8, 4) is 11.4 Å². The molecule has 0 fully saturated rings. The molecule has 0 saturated heterocycles. The van der Waals surface area contributed by atoms with E-state index in [1.807, 2.05) is 13.0 Å². The minimum absolute atomic E-state index is 0.245. The van der Waals surface area contributed by atoms with Crippen molar-refractivity contribution in [3.63, 3.8) is 0 Å². The second-order valence-electron chi connectivity index (χ2n) is 4.16. The quantitative estimate of drug-likeness (QED) is 0.438. The molecule has 102 valence electrons. The van der Waals surface area contributed by atoms with Crippen LogP contribution in [0.5, 0.6) is 0 Å². The zero-order chi connectivity index (χ0) is 14.4. The molecule has 0 aliphatic rings. The second kappa shape index (κ2) is 5.33.